The summed E-state index contributed by atoms with van der Waals surface area (Å²) in [4.78, 5) is 22.0. The minimum atomic E-state index is -2.89. The molecular formula is C11H18NO9-. The summed E-state index contributed by atoms with van der Waals surface area (Å²) < 4.78 is 4.80. The Morgan fingerprint density at radius 1 is 1.48 bits per heavy atom. The standard InChI is InChI=1S/C11H19NO9/c1-4(14)12-7-5(15)2-11(20,10(18)19)21-9(7)8(17)6(16)3-13/h5-9,13,15-17,20H,2-3H2,1H3,(H,12,14)(H,18,19)/p-1/t5-,6-,7+,8-,9+,11+/m1/s1. The van der Waals surface area contributed by atoms with Crippen molar-refractivity contribution in [2.45, 2.75) is 49.6 Å². The van der Waals surface area contributed by atoms with Crippen molar-refractivity contribution in [3.05, 3.63) is 0 Å². The number of hydrogen-bond donors (Lipinski definition) is 6. The first kappa shape index (κ1) is 17.8. The van der Waals surface area contributed by atoms with E-state index >= 15 is 0 Å². The van der Waals surface area contributed by atoms with Gasteiger partial charge in [0.05, 0.1) is 18.8 Å². The molecule has 0 saturated carbocycles. The van der Waals surface area contributed by atoms with Crippen LogP contribution in [0.3, 0.4) is 0 Å². The maximum atomic E-state index is 11.1. The average molecular weight is 308 g/mol. The summed E-state index contributed by atoms with van der Waals surface area (Å²) in [6.45, 7) is 0.228. The highest BCUT2D eigenvalue weighted by molar-refractivity contribution is 5.74. The smallest absolute Gasteiger partial charge is 0.217 e. The molecule has 1 amide bonds. The summed E-state index contributed by atoms with van der Waals surface area (Å²) in [5, 5.41) is 60.8. The predicted octanol–water partition coefficient (Wildman–Crippen LogP) is -5.21. The fourth-order valence-electron chi connectivity index (χ4n) is 2.13. The molecule has 10 heteroatoms. The molecule has 1 aliphatic heterocycles. The van der Waals surface area contributed by atoms with E-state index in [0.29, 0.717) is 0 Å². The molecule has 0 unspecified atom stereocenters. The van der Waals surface area contributed by atoms with Crippen LogP contribution in [-0.2, 0) is 14.3 Å². The van der Waals surface area contributed by atoms with Crippen molar-refractivity contribution in [2.24, 2.45) is 0 Å². The van der Waals surface area contributed by atoms with Gasteiger partial charge in [-0.3, -0.25) is 4.79 Å². The fraction of sp³-hybridized carbons (Fsp3) is 0.818. The van der Waals surface area contributed by atoms with Gasteiger partial charge in [0.1, 0.15) is 24.3 Å². The molecule has 1 aliphatic rings. The van der Waals surface area contributed by atoms with E-state index in [-0.39, 0.29) is 0 Å². The van der Waals surface area contributed by atoms with Crippen LogP contribution in [0.15, 0.2) is 0 Å². The van der Waals surface area contributed by atoms with Gasteiger partial charge in [0.15, 0.2) is 0 Å². The number of carbonyl (C=O) groups is 2. The average Bonchev–Trinajstić information content (AvgIpc) is 2.39. The first-order valence-corrected chi connectivity index (χ1v) is 6.16. The quantitative estimate of drug-likeness (QED) is 0.289. The highest BCUT2D eigenvalue weighted by Gasteiger charge is 2.50. The number of amides is 1. The van der Waals surface area contributed by atoms with Gasteiger partial charge >= 0.3 is 0 Å². The van der Waals surface area contributed by atoms with Crippen molar-refractivity contribution in [3.63, 3.8) is 0 Å². The number of ether oxygens (including phenoxy) is 1. The molecule has 1 rings (SSSR count). The molecule has 1 fully saturated rings. The van der Waals surface area contributed by atoms with Crippen LogP contribution in [0.25, 0.3) is 0 Å². The van der Waals surface area contributed by atoms with Crippen LogP contribution in [0.2, 0.25) is 0 Å². The Kier molecular flexibility index (Phi) is 5.61. The third-order valence-electron chi connectivity index (χ3n) is 3.19. The summed E-state index contributed by atoms with van der Waals surface area (Å²) in [6, 6.07) is -1.29. The Bertz CT molecular complexity index is 403. The second-order valence-corrected chi connectivity index (χ2v) is 4.89. The predicted molar refractivity (Wildman–Crippen MR) is 62.2 cm³/mol. The molecule has 0 aromatic rings. The number of carbonyl (C=O) groups excluding carboxylic acids is 2. The Balaban J connectivity index is 3.07. The summed E-state index contributed by atoms with van der Waals surface area (Å²) in [6.07, 6.45) is -7.67. The second-order valence-electron chi connectivity index (χ2n) is 4.89. The van der Waals surface area contributed by atoms with Crippen LogP contribution in [0.4, 0.5) is 0 Å². The molecular weight excluding hydrogens is 290 g/mol. The molecule has 0 radical (unpaired) electrons. The Hall–Kier alpha value is -1.30. The lowest BCUT2D eigenvalue weighted by Gasteiger charge is -2.46. The maximum Gasteiger partial charge on any atom is 0.217 e. The van der Waals surface area contributed by atoms with Crippen LogP contribution in [0, 0.1) is 0 Å². The fourth-order valence-corrected chi connectivity index (χ4v) is 2.13. The van der Waals surface area contributed by atoms with Gasteiger partial charge in [-0.25, -0.2) is 0 Å². The number of rotatable bonds is 5. The molecule has 6 atom stereocenters. The molecule has 1 saturated heterocycles. The lowest BCUT2D eigenvalue weighted by Crippen LogP contribution is -2.68. The van der Waals surface area contributed by atoms with E-state index < -0.39 is 61.1 Å². The summed E-state index contributed by atoms with van der Waals surface area (Å²) in [5.41, 5.74) is 0. The minimum absolute atomic E-state index is 0.614. The molecule has 10 nitrogen and oxygen atoms in total. The SMILES string of the molecule is CC(=O)N[C@@H]1[C@@H]([C@H](O)[C@H](O)CO)O[C@](O)(C(=O)[O-])C[C@H]1O. The van der Waals surface area contributed by atoms with E-state index in [1.54, 1.807) is 0 Å². The Labute approximate surface area is 119 Å². The number of carboxylic acids is 1. The van der Waals surface area contributed by atoms with E-state index in [1.807, 2.05) is 0 Å². The molecule has 0 bridgehead atoms. The summed E-state index contributed by atoms with van der Waals surface area (Å²) in [5.74, 6) is -5.55. The molecule has 6 N–H and O–H groups in total. The van der Waals surface area contributed by atoms with Crippen LogP contribution >= 0.6 is 0 Å². The van der Waals surface area contributed by atoms with Gasteiger partial charge in [0, 0.05) is 13.3 Å². The molecule has 122 valence electrons. The van der Waals surface area contributed by atoms with E-state index in [4.69, 9.17) is 9.84 Å². The lowest BCUT2D eigenvalue weighted by molar-refractivity contribution is -0.374. The van der Waals surface area contributed by atoms with Crippen LogP contribution in [0.1, 0.15) is 13.3 Å². The lowest BCUT2D eigenvalue weighted by atomic mass is 9.88. The third kappa shape index (κ3) is 3.87. The third-order valence-corrected chi connectivity index (χ3v) is 3.19. The minimum Gasteiger partial charge on any atom is -0.544 e. The van der Waals surface area contributed by atoms with Gasteiger partial charge in [0.25, 0.3) is 0 Å². The van der Waals surface area contributed by atoms with Gasteiger partial charge < -0.3 is 45.5 Å². The molecule has 1 heterocycles. The van der Waals surface area contributed by atoms with Crippen LogP contribution in [0.5, 0.6) is 0 Å². The normalized spacial score (nSPS) is 35.8. The van der Waals surface area contributed by atoms with Gasteiger partial charge in [-0.1, -0.05) is 0 Å². The number of aliphatic hydroxyl groups excluding tert-OH is 4. The molecule has 0 aromatic heterocycles. The summed E-state index contributed by atoms with van der Waals surface area (Å²) in [7, 11) is 0. The van der Waals surface area contributed by atoms with E-state index in [0.717, 1.165) is 6.92 Å². The largest absolute Gasteiger partial charge is 0.544 e. The zero-order chi connectivity index (χ0) is 16.4. The van der Waals surface area contributed by atoms with Gasteiger partial charge in [0.2, 0.25) is 11.7 Å². The van der Waals surface area contributed by atoms with Crippen molar-refractivity contribution >= 4 is 11.9 Å². The molecule has 21 heavy (non-hydrogen) atoms. The van der Waals surface area contributed by atoms with Crippen molar-refractivity contribution in [2.75, 3.05) is 6.61 Å². The van der Waals surface area contributed by atoms with Gasteiger partial charge in [-0.15, -0.1) is 0 Å². The van der Waals surface area contributed by atoms with Crippen molar-refractivity contribution in [1.82, 2.24) is 5.32 Å². The number of aliphatic hydroxyl groups is 5. The first-order chi connectivity index (χ1) is 9.62. The van der Waals surface area contributed by atoms with Crippen molar-refractivity contribution in [1.29, 1.82) is 0 Å². The maximum absolute atomic E-state index is 11.1. The Morgan fingerprint density at radius 3 is 2.48 bits per heavy atom. The van der Waals surface area contributed by atoms with E-state index in [2.05, 4.69) is 5.32 Å². The topological polar surface area (TPSA) is 180 Å². The summed E-state index contributed by atoms with van der Waals surface area (Å²) >= 11 is 0. The van der Waals surface area contributed by atoms with E-state index in [9.17, 15) is 35.1 Å². The van der Waals surface area contributed by atoms with E-state index in [1.165, 1.54) is 0 Å². The highest BCUT2D eigenvalue weighted by Crippen LogP contribution is 2.29. The number of nitrogens with one attached hydrogen (secondary N) is 1. The van der Waals surface area contributed by atoms with Crippen molar-refractivity contribution < 1.29 is 45.0 Å². The number of hydrogen-bond acceptors (Lipinski definition) is 9. The van der Waals surface area contributed by atoms with Crippen LogP contribution in [-0.4, -0.2) is 80.3 Å². The van der Waals surface area contributed by atoms with Gasteiger partial charge in [-0.2, -0.15) is 0 Å². The Morgan fingerprint density at radius 2 is 2.05 bits per heavy atom. The van der Waals surface area contributed by atoms with Crippen LogP contribution < -0.4 is 10.4 Å². The highest BCUT2D eigenvalue weighted by atomic mass is 16.7. The number of aliphatic carboxylic acids is 1. The molecule has 0 spiro atoms. The zero-order valence-corrected chi connectivity index (χ0v) is 11.2. The zero-order valence-electron chi connectivity index (χ0n) is 11.2. The second kappa shape index (κ2) is 6.64. The van der Waals surface area contributed by atoms with Crippen molar-refractivity contribution in [3.8, 4) is 0 Å². The van der Waals surface area contributed by atoms with Gasteiger partial charge in [-0.05, 0) is 0 Å². The number of carboxylic acid groups (broad SMARTS) is 1. The molecule has 0 aromatic carbocycles. The monoisotopic (exact) mass is 308 g/mol. The first-order valence-electron chi connectivity index (χ1n) is 6.16. The molecule has 0 aliphatic carbocycles.